The fourth-order valence-electron chi connectivity index (χ4n) is 3.27. The number of hydrogen-bond acceptors (Lipinski definition) is 3. The molecule has 1 unspecified atom stereocenters. The molecule has 1 aliphatic rings. The highest BCUT2D eigenvalue weighted by Gasteiger charge is 2.26. The molecule has 0 amide bonds. The second kappa shape index (κ2) is 11.1. The van der Waals surface area contributed by atoms with Crippen molar-refractivity contribution in [2.45, 2.75) is 73.3 Å². The Morgan fingerprint density at radius 2 is 1.96 bits per heavy atom. The fraction of sp³-hybridized carbons (Fsp3) is 0.542. The van der Waals surface area contributed by atoms with Crippen LogP contribution in [-0.4, -0.2) is 23.8 Å². The summed E-state index contributed by atoms with van der Waals surface area (Å²) in [5.41, 5.74) is 5.47. The van der Waals surface area contributed by atoms with Gasteiger partial charge in [-0.2, -0.15) is 0 Å². The van der Waals surface area contributed by atoms with E-state index in [-0.39, 0.29) is 24.4 Å². The van der Waals surface area contributed by atoms with Crippen LogP contribution in [0.4, 0.5) is 0 Å². The van der Waals surface area contributed by atoms with Crippen LogP contribution >= 0.6 is 0 Å². The smallest absolute Gasteiger partial charge is 0.308 e. The summed E-state index contributed by atoms with van der Waals surface area (Å²) in [4.78, 5) is 11.4. The number of aliphatic hydroxyl groups is 1. The Hall–Kier alpha value is -1.87. The van der Waals surface area contributed by atoms with Crippen molar-refractivity contribution in [3.05, 3.63) is 58.7 Å². The molecule has 0 heterocycles. The number of aliphatic hydroxyl groups excluding tert-OH is 1. The van der Waals surface area contributed by atoms with Crippen molar-refractivity contribution in [3.63, 3.8) is 0 Å². The molecule has 150 valence electrons. The van der Waals surface area contributed by atoms with Gasteiger partial charge in [0.1, 0.15) is 6.61 Å². The maximum Gasteiger partial charge on any atom is 0.308 e. The molecule has 0 fully saturated rings. The minimum atomic E-state index is -0.664. The lowest BCUT2D eigenvalue weighted by atomic mass is 9.72. The number of allylic oxidation sites excluding steroid dienone is 9. The number of ether oxygens (including phenoxy) is 1. The van der Waals surface area contributed by atoms with Gasteiger partial charge in [0.05, 0.1) is 12.5 Å². The van der Waals surface area contributed by atoms with Crippen molar-refractivity contribution in [3.8, 4) is 0 Å². The van der Waals surface area contributed by atoms with Gasteiger partial charge < -0.3 is 9.84 Å². The lowest BCUT2D eigenvalue weighted by Crippen LogP contribution is -2.19. The third-order valence-electron chi connectivity index (χ3n) is 4.89. The second-order valence-corrected chi connectivity index (χ2v) is 8.22. The molecule has 0 aromatic rings. The van der Waals surface area contributed by atoms with E-state index >= 15 is 0 Å². The molecule has 0 bridgehead atoms. The molecule has 3 nitrogen and oxygen atoms in total. The molecule has 0 saturated heterocycles. The molecule has 0 aromatic carbocycles. The molecular weight excluding hydrogens is 336 g/mol. The Balaban J connectivity index is 2.57. The Bertz CT molecular complexity index is 655. The van der Waals surface area contributed by atoms with E-state index in [1.54, 1.807) is 6.92 Å². The average molecular weight is 373 g/mol. The topological polar surface area (TPSA) is 46.5 Å². The first-order valence-electron chi connectivity index (χ1n) is 9.85. The molecule has 1 rings (SSSR count). The summed E-state index contributed by atoms with van der Waals surface area (Å²) in [6, 6.07) is 0. The van der Waals surface area contributed by atoms with E-state index in [9.17, 15) is 4.79 Å². The van der Waals surface area contributed by atoms with Crippen LogP contribution in [0, 0.1) is 5.41 Å². The van der Waals surface area contributed by atoms with Gasteiger partial charge in [-0.1, -0.05) is 60.9 Å². The molecule has 0 spiro atoms. The van der Waals surface area contributed by atoms with Crippen molar-refractivity contribution >= 4 is 5.97 Å². The van der Waals surface area contributed by atoms with Crippen LogP contribution in [0.1, 0.15) is 67.2 Å². The summed E-state index contributed by atoms with van der Waals surface area (Å²) >= 11 is 0. The zero-order valence-corrected chi connectivity index (χ0v) is 17.8. The molecule has 0 saturated carbocycles. The number of carbonyl (C=O) groups is 1. The van der Waals surface area contributed by atoms with E-state index < -0.39 is 6.10 Å². The third-order valence-corrected chi connectivity index (χ3v) is 4.89. The SMILES string of the molecule is CC(C=CC1=C(C)CCCC1(C)C)=CC=CC(C)=CCOC(=O)CC(C)O. The van der Waals surface area contributed by atoms with Crippen molar-refractivity contribution in [2.75, 3.05) is 6.61 Å². The summed E-state index contributed by atoms with van der Waals surface area (Å²) in [5.74, 6) is -0.380. The summed E-state index contributed by atoms with van der Waals surface area (Å²) in [7, 11) is 0. The van der Waals surface area contributed by atoms with Crippen LogP contribution < -0.4 is 0 Å². The molecule has 1 aliphatic carbocycles. The van der Waals surface area contributed by atoms with Gasteiger partial charge in [0.25, 0.3) is 0 Å². The van der Waals surface area contributed by atoms with Crippen molar-refractivity contribution in [1.82, 2.24) is 0 Å². The summed E-state index contributed by atoms with van der Waals surface area (Å²) < 4.78 is 5.05. The standard InChI is InChI=1S/C24H36O3/c1-18(12-13-22-20(3)11-8-15-24(22,5)6)9-7-10-19(2)14-16-27-23(26)17-21(4)25/h7,9-10,12-14,21,25H,8,11,15-17H2,1-6H3. The number of carbonyl (C=O) groups excluding carboxylic acids is 1. The van der Waals surface area contributed by atoms with Gasteiger partial charge in [-0.05, 0) is 64.0 Å². The largest absolute Gasteiger partial charge is 0.461 e. The Morgan fingerprint density at radius 1 is 1.26 bits per heavy atom. The van der Waals surface area contributed by atoms with Gasteiger partial charge in [-0.15, -0.1) is 0 Å². The van der Waals surface area contributed by atoms with E-state index in [2.05, 4.69) is 45.9 Å². The fourth-order valence-corrected chi connectivity index (χ4v) is 3.27. The Labute approximate surface area is 165 Å². The Kier molecular flexibility index (Phi) is 9.51. The zero-order chi connectivity index (χ0) is 20.4. The van der Waals surface area contributed by atoms with Gasteiger partial charge in [-0.3, -0.25) is 4.79 Å². The van der Waals surface area contributed by atoms with Crippen LogP contribution in [0.15, 0.2) is 58.7 Å². The van der Waals surface area contributed by atoms with Crippen LogP contribution in [0.3, 0.4) is 0 Å². The van der Waals surface area contributed by atoms with Gasteiger partial charge in [-0.25, -0.2) is 0 Å². The van der Waals surface area contributed by atoms with E-state index in [0.29, 0.717) is 0 Å². The molecule has 1 atom stereocenters. The second-order valence-electron chi connectivity index (χ2n) is 8.22. The molecule has 0 aromatic heterocycles. The van der Waals surface area contributed by atoms with Crippen molar-refractivity contribution in [2.24, 2.45) is 5.41 Å². The van der Waals surface area contributed by atoms with E-state index in [0.717, 1.165) is 5.57 Å². The first-order chi connectivity index (χ1) is 12.6. The van der Waals surface area contributed by atoms with Gasteiger partial charge in [0, 0.05) is 0 Å². The van der Waals surface area contributed by atoms with Gasteiger partial charge in [0.15, 0.2) is 0 Å². The van der Waals surface area contributed by atoms with Crippen LogP contribution in [0.25, 0.3) is 0 Å². The summed E-state index contributed by atoms with van der Waals surface area (Å²) in [6.07, 6.45) is 15.5. The monoisotopic (exact) mass is 372 g/mol. The summed E-state index contributed by atoms with van der Waals surface area (Å²) in [6.45, 7) is 12.8. The van der Waals surface area contributed by atoms with E-state index in [1.807, 2.05) is 25.2 Å². The molecule has 0 aliphatic heterocycles. The minimum Gasteiger partial charge on any atom is -0.461 e. The first-order valence-corrected chi connectivity index (χ1v) is 9.85. The Morgan fingerprint density at radius 3 is 2.59 bits per heavy atom. The number of rotatable bonds is 8. The van der Waals surface area contributed by atoms with Crippen LogP contribution in [0.5, 0.6) is 0 Å². The third kappa shape index (κ3) is 9.05. The van der Waals surface area contributed by atoms with Crippen molar-refractivity contribution < 1.29 is 14.6 Å². The molecule has 3 heteroatoms. The highest BCUT2D eigenvalue weighted by Crippen LogP contribution is 2.40. The van der Waals surface area contributed by atoms with Crippen LogP contribution in [0.2, 0.25) is 0 Å². The van der Waals surface area contributed by atoms with E-state index in [1.165, 1.54) is 36.0 Å². The normalized spacial score (nSPS) is 19.8. The lowest BCUT2D eigenvalue weighted by Gasteiger charge is -2.32. The highest BCUT2D eigenvalue weighted by molar-refractivity contribution is 5.69. The minimum absolute atomic E-state index is 0.0315. The molecule has 1 N–H and O–H groups in total. The number of esters is 1. The summed E-state index contributed by atoms with van der Waals surface area (Å²) in [5, 5.41) is 9.13. The van der Waals surface area contributed by atoms with Gasteiger partial charge >= 0.3 is 5.97 Å². The quantitative estimate of drug-likeness (QED) is 0.430. The zero-order valence-electron chi connectivity index (χ0n) is 17.8. The predicted octanol–water partition coefficient (Wildman–Crippen LogP) is 5.83. The molecule has 27 heavy (non-hydrogen) atoms. The van der Waals surface area contributed by atoms with Gasteiger partial charge in [0.2, 0.25) is 0 Å². The maximum atomic E-state index is 11.4. The maximum absolute atomic E-state index is 11.4. The average Bonchev–Trinajstić information content (AvgIpc) is 2.53. The predicted molar refractivity (Wildman–Crippen MR) is 113 cm³/mol. The van der Waals surface area contributed by atoms with Crippen molar-refractivity contribution in [1.29, 1.82) is 0 Å². The molecular formula is C24H36O3. The first kappa shape index (κ1) is 23.2. The number of hydrogen-bond donors (Lipinski definition) is 1. The highest BCUT2D eigenvalue weighted by atomic mass is 16.5. The van der Waals surface area contributed by atoms with Crippen LogP contribution in [-0.2, 0) is 9.53 Å². The molecule has 0 radical (unpaired) electrons. The van der Waals surface area contributed by atoms with E-state index in [4.69, 9.17) is 9.84 Å². The lowest BCUT2D eigenvalue weighted by molar-refractivity contribution is -0.144.